The summed E-state index contributed by atoms with van der Waals surface area (Å²) in [5.74, 6) is -0.0488. The van der Waals surface area contributed by atoms with Gasteiger partial charge >= 0.3 is 0 Å². The van der Waals surface area contributed by atoms with Crippen molar-refractivity contribution in [2.45, 2.75) is 24.2 Å². The molecule has 0 fully saturated rings. The largest absolute Gasteiger partial charge is 0.356 e. The maximum atomic E-state index is 11.2. The highest BCUT2D eigenvalue weighted by atomic mass is 32.2. The number of nitriles is 1. The molecule has 3 nitrogen and oxygen atoms in total. The lowest BCUT2D eigenvalue weighted by molar-refractivity contribution is -0.120. The number of rotatable bonds is 6. The Morgan fingerprint density at radius 2 is 2.12 bits per heavy atom. The van der Waals surface area contributed by atoms with Crippen molar-refractivity contribution in [3.05, 3.63) is 29.8 Å². The molecule has 0 atom stereocenters. The van der Waals surface area contributed by atoms with E-state index in [1.165, 1.54) is 10.5 Å². The summed E-state index contributed by atoms with van der Waals surface area (Å²) in [6, 6.07) is 10.3. The molecule has 0 saturated carbocycles. The van der Waals surface area contributed by atoms with Crippen LogP contribution in [0.3, 0.4) is 0 Å². The lowest BCUT2D eigenvalue weighted by Crippen LogP contribution is -2.25. The van der Waals surface area contributed by atoms with E-state index in [1.807, 2.05) is 12.3 Å². The standard InChI is InChI=1S/C13H16N2OS/c1-17-12-6-4-11(5-7-12)8-10-15-13(16)3-2-9-14/h4-7H,2-3,8,10H2,1H3,(H,15,16). The minimum absolute atomic E-state index is 0.0488. The van der Waals surface area contributed by atoms with E-state index in [0.29, 0.717) is 13.0 Å². The van der Waals surface area contributed by atoms with Crippen molar-refractivity contribution in [3.63, 3.8) is 0 Å². The van der Waals surface area contributed by atoms with Gasteiger partial charge in [0.25, 0.3) is 0 Å². The Kier molecular flexibility index (Phi) is 6.19. The van der Waals surface area contributed by atoms with Gasteiger partial charge in [0.2, 0.25) is 5.91 Å². The number of carbonyl (C=O) groups is 1. The van der Waals surface area contributed by atoms with Crippen molar-refractivity contribution in [3.8, 4) is 6.07 Å². The summed E-state index contributed by atoms with van der Waals surface area (Å²) in [7, 11) is 0. The number of carbonyl (C=O) groups excluding carboxylic acids is 1. The lowest BCUT2D eigenvalue weighted by atomic mass is 10.1. The molecule has 90 valence electrons. The first kappa shape index (κ1) is 13.6. The first-order chi connectivity index (χ1) is 8.26. The van der Waals surface area contributed by atoms with Crippen LogP contribution in [0.4, 0.5) is 0 Å². The van der Waals surface area contributed by atoms with Crippen LogP contribution in [0.2, 0.25) is 0 Å². The molecular formula is C13H16N2OS. The fourth-order valence-electron chi connectivity index (χ4n) is 1.40. The quantitative estimate of drug-likeness (QED) is 0.786. The molecule has 0 aliphatic carbocycles. The van der Waals surface area contributed by atoms with Crippen LogP contribution in [0.15, 0.2) is 29.2 Å². The van der Waals surface area contributed by atoms with Crippen LogP contribution in [-0.4, -0.2) is 18.7 Å². The topological polar surface area (TPSA) is 52.9 Å². The van der Waals surface area contributed by atoms with Crippen LogP contribution in [0.1, 0.15) is 18.4 Å². The maximum Gasteiger partial charge on any atom is 0.221 e. The molecule has 1 amide bonds. The van der Waals surface area contributed by atoms with E-state index in [1.54, 1.807) is 11.8 Å². The summed E-state index contributed by atoms with van der Waals surface area (Å²) in [5.41, 5.74) is 1.21. The van der Waals surface area contributed by atoms with Crippen LogP contribution < -0.4 is 5.32 Å². The van der Waals surface area contributed by atoms with Crippen LogP contribution in [-0.2, 0) is 11.2 Å². The van der Waals surface area contributed by atoms with Crippen LogP contribution in [0.25, 0.3) is 0 Å². The van der Waals surface area contributed by atoms with Gasteiger partial charge in [0.1, 0.15) is 0 Å². The average Bonchev–Trinajstić information content (AvgIpc) is 2.37. The molecule has 0 spiro atoms. The molecule has 0 aliphatic heterocycles. The number of hydrogen-bond acceptors (Lipinski definition) is 3. The Labute approximate surface area is 106 Å². The first-order valence-electron chi connectivity index (χ1n) is 5.53. The SMILES string of the molecule is CSc1ccc(CCNC(=O)CCC#N)cc1. The van der Waals surface area contributed by atoms with Gasteiger partial charge in [0, 0.05) is 24.3 Å². The van der Waals surface area contributed by atoms with Gasteiger partial charge in [-0.3, -0.25) is 4.79 Å². The van der Waals surface area contributed by atoms with Crippen molar-refractivity contribution < 1.29 is 4.79 Å². The van der Waals surface area contributed by atoms with Gasteiger partial charge in [0.15, 0.2) is 0 Å². The van der Waals surface area contributed by atoms with E-state index in [2.05, 4.69) is 29.6 Å². The molecule has 1 aromatic carbocycles. The lowest BCUT2D eigenvalue weighted by Gasteiger charge is -2.04. The van der Waals surface area contributed by atoms with E-state index in [4.69, 9.17) is 5.26 Å². The summed E-state index contributed by atoms with van der Waals surface area (Å²) >= 11 is 1.71. The van der Waals surface area contributed by atoms with Crippen molar-refractivity contribution in [2.24, 2.45) is 0 Å². The molecule has 0 saturated heterocycles. The fourth-order valence-corrected chi connectivity index (χ4v) is 1.80. The minimum Gasteiger partial charge on any atom is -0.356 e. The van der Waals surface area contributed by atoms with E-state index in [-0.39, 0.29) is 12.3 Å². The van der Waals surface area contributed by atoms with E-state index < -0.39 is 0 Å². The zero-order valence-corrected chi connectivity index (χ0v) is 10.7. The normalized spacial score (nSPS) is 9.65. The Hall–Kier alpha value is -1.47. The van der Waals surface area contributed by atoms with Gasteiger partial charge in [-0.2, -0.15) is 5.26 Å². The number of benzene rings is 1. The Bertz CT molecular complexity index is 395. The third-order valence-corrected chi connectivity index (χ3v) is 3.10. The second kappa shape index (κ2) is 7.75. The Morgan fingerprint density at radius 3 is 2.71 bits per heavy atom. The number of nitrogens with one attached hydrogen (secondary N) is 1. The van der Waals surface area contributed by atoms with Crippen LogP contribution in [0, 0.1) is 11.3 Å². The van der Waals surface area contributed by atoms with Gasteiger partial charge in [-0.15, -0.1) is 11.8 Å². The Morgan fingerprint density at radius 1 is 1.41 bits per heavy atom. The summed E-state index contributed by atoms with van der Waals surface area (Å²) in [6.45, 7) is 0.628. The maximum absolute atomic E-state index is 11.2. The van der Waals surface area contributed by atoms with Gasteiger partial charge in [0.05, 0.1) is 6.07 Å². The predicted octanol–water partition coefficient (Wildman–Crippen LogP) is 2.37. The van der Waals surface area contributed by atoms with E-state index in [9.17, 15) is 4.79 Å². The fraction of sp³-hybridized carbons (Fsp3) is 0.385. The van der Waals surface area contributed by atoms with Gasteiger partial charge in [-0.05, 0) is 30.4 Å². The minimum atomic E-state index is -0.0488. The number of nitrogens with zero attached hydrogens (tertiary/aromatic N) is 1. The van der Waals surface area contributed by atoms with Crippen LogP contribution in [0.5, 0.6) is 0 Å². The second-order valence-corrected chi connectivity index (χ2v) is 4.49. The predicted molar refractivity (Wildman–Crippen MR) is 69.8 cm³/mol. The molecule has 1 N–H and O–H groups in total. The molecule has 0 bridgehead atoms. The molecule has 4 heteroatoms. The Balaban J connectivity index is 2.26. The zero-order chi connectivity index (χ0) is 12.5. The van der Waals surface area contributed by atoms with E-state index in [0.717, 1.165) is 6.42 Å². The third-order valence-electron chi connectivity index (χ3n) is 2.36. The molecule has 0 heterocycles. The molecular weight excluding hydrogens is 232 g/mol. The highest BCUT2D eigenvalue weighted by molar-refractivity contribution is 7.98. The molecule has 1 aromatic rings. The van der Waals surface area contributed by atoms with Gasteiger partial charge in [-0.25, -0.2) is 0 Å². The molecule has 0 unspecified atom stereocenters. The third kappa shape index (κ3) is 5.41. The highest BCUT2D eigenvalue weighted by Gasteiger charge is 2.00. The number of amides is 1. The van der Waals surface area contributed by atoms with E-state index >= 15 is 0 Å². The van der Waals surface area contributed by atoms with Crippen molar-refractivity contribution in [1.82, 2.24) is 5.32 Å². The summed E-state index contributed by atoms with van der Waals surface area (Å²) in [4.78, 5) is 12.5. The zero-order valence-electron chi connectivity index (χ0n) is 9.90. The summed E-state index contributed by atoms with van der Waals surface area (Å²) in [6.07, 6.45) is 3.45. The smallest absolute Gasteiger partial charge is 0.221 e. The first-order valence-corrected chi connectivity index (χ1v) is 6.75. The van der Waals surface area contributed by atoms with Gasteiger partial charge < -0.3 is 5.32 Å². The second-order valence-electron chi connectivity index (χ2n) is 3.61. The summed E-state index contributed by atoms with van der Waals surface area (Å²) < 4.78 is 0. The van der Waals surface area contributed by atoms with Crippen LogP contribution >= 0.6 is 11.8 Å². The molecule has 0 aliphatic rings. The average molecular weight is 248 g/mol. The van der Waals surface area contributed by atoms with Crippen molar-refractivity contribution >= 4 is 17.7 Å². The number of hydrogen-bond donors (Lipinski definition) is 1. The molecule has 0 radical (unpaired) electrons. The highest BCUT2D eigenvalue weighted by Crippen LogP contribution is 2.14. The number of thioether (sulfide) groups is 1. The van der Waals surface area contributed by atoms with Gasteiger partial charge in [-0.1, -0.05) is 12.1 Å². The molecule has 0 aromatic heterocycles. The molecule has 17 heavy (non-hydrogen) atoms. The monoisotopic (exact) mass is 248 g/mol. The summed E-state index contributed by atoms with van der Waals surface area (Å²) in [5, 5.41) is 11.1. The van der Waals surface area contributed by atoms with Crippen molar-refractivity contribution in [2.75, 3.05) is 12.8 Å². The van der Waals surface area contributed by atoms with Crippen molar-refractivity contribution in [1.29, 1.82) is 5.26 Å². The molecule has 1 rings (SSSR count).